The molecule has 8 nitrogen and oxygen atoms in total. The van der Waals surface area contributed by atoms with Crippen LogP contribution >= 0.6 is 0 Å². The first-order chi connectivity index (χ1) is 14.5. The molecule has 0 bridgehead atoms. The molecule has 8 heteroatoms. The van der Waals surface area contributed by atoms with E-state index in [1.807, 2.05) is 19.1 Å². The molecule has 1 saturated heterocycles. The molecule has 1 fully saturated rings. The highest BCUT2D eigenvalue weighted by molar-refractivity contribution is 5.68. The maximum Gasteiger partial charge on any atom is 0.151 e. The van der Waals surface area contributed by atoms with Gasteiger partial charge in [-0.2, -0.15) is 0 Å². The molecular weight excluding hydrogens is 378 g/mol. The van der Waals surface area contributed by atoms with E-state index in [9.17, 15) is 5.11 Å². The maximum absolute atomic E-state index is 10.5. The highest BCUT2D eigenvalue weighted by Gasteiger charge is 2.23. The van der Waals surface area contributed by atoms with Gasteiger partial charge in [-0.25, -0.2) is 15.0 Å². The standard InChI is InChI=1S/C22H27N7O/c1-14(2)16-5-4-8-29(13-16)21-7-6-19(27-28-21)22-20(30)9-17(10-25-22)26-18-11-23-15(3)24-12-18/h6-7,9-12,14,16,26,30H,4-5,8,13H2,1-3H3/t16-/m0/s1. The van der Waals surface area contributed by atoms with Crippen molar-refractivity contribution in [1.82, 2.24) is 25.1 Å². The van der Waals surface area contributed by atoms with Crippen LogP contribution in [0.25, 0.3) is 11.4 Å². The van der Waals surface area contributed by atoms with Gasteiger partial charge in [-0.1, -0.05) is 13.8 Å². The van der Waals surface area contributed by atoms with Gasteiger partial charge < -0.3 is 15.3 Å². The summed E-state index contributed by atoms with van der Waals surface area (Å²) in [4.78, 5) is 15.0. The molecule has 0 aliphatic carbocycles. The molecule has 2 N–H and O–H groups in total. The monoisotopic (exact) mass is 405 g/mol. The lowest BCUT2D eigenvalue weighted by Crippen LogP contribution is -2.37. The molecule has 1 aliphatic heterocycles. The van der Waals surface area contributed by atoms with Crippen LogP contribution in [-0.2, 0) is 0 Å². The predicted octanol–water partition coefficient (Wildman–Crippen LogP) is 3.96. The number of piperidine rings is 1. The highest BCUT2D eigenvalue weighted by atomic mass is 16.3. The van der Waals surface area contributed by atoms with Gasteiger partial charge in [0.25, 0.3) is 0 Å². The van der Waals surface area contributed by atoms with Gasteiger partial charge in [0.05, 0.1) is 30.0 Å². The van der Waals surface area contributed by atoms with Crippen molar-refractivity contribution in [2.75, 3.05) is 23.3 Å². The van der Waals surface area contributed by atoms with Crippen molar-refractivity contribution in [2.24, 2.45) is 11.8 Å². The molecule has 0 radical (unpaired) electrons. The quantitative estimate of drug-likeness (QED) is 0.658. The number of hydrogen-bond donors (Lipinski definition) is 2. The van der Waals surface area contributed by atoms with Gasteiger partial charge in [0.2, 0.25) is 0 Å². The molecular formula is C22H27N7O. The normalized spacial score (nSPS) is 16.7. The first-order valence-electron chi connectivity index (χ1n) is 10.3. The molecule has 0 unspecified atom stereocenters. The van der Waals surface area contributed by atoms with Gasteiger partial charge in [0.15, 0.2) is 5.82 Å². The zero-order chi connectivity index (χ0) is 21.1. The second kappa shape index (κ2) is 8.61. The van der Waals surface area contributed by atoms with Crippen LogP contribution < -0.4 is 10.2 Å². The molecule has 1 aliphatic rings. The van der Waals surface area contributed by atoms with Crippen molar-refractivity contribution in [2.45, 2.75) is 33.6 Å². The molecule has 4 rings (SSSR count). The average Bonchev–Trinajstić information content (AvgIpc) is 2.76. The Morgan fingerprint density at radius 3 is 2.50 bits per heavy atom. The molecule has 1 atom stereocenters. The molecule has 0 saturated carbocycles. The lowest BCUT2D eigenvalue weighted by molar-refractivity contribution is 0.320. The number of aromatic hydroxyl groups is 1. The van der Waals surface area contributed by atoms with Gasteiger partial charge in [-0.15, -0.1) is 10.2 Å². The van der Waals surface area contributed by atoms with Crippen LogP contribution in [0.2, 0.25) is 0 Å². The fourth-order valence-electron chi connectivity index (χ4n) is 3.73. The summed E-state index contributed by atoms with van der Waals surface area (Å²) >= 11 is 0. The van der Waals surface area contributed by atoms with Crippen molar-refractivity contribution in [3.8, 4) is 17.1 Å². The number of aromatic nitrogens is 5. The van der Waals surface area contributed by atoms with E-state index in [0.29, 0.717) is 34.7 Å². The minimum absolute atomic E-state index is 0.0351. The van der Waals surface area contributed by atoms with E-state index >= 15 is 0 Å². The molecule has 3 aromatic heterocycles. The van der Waals surface area contributed by atoms with Crippen LogP contribution in [0.15, 0.2) is 36.8 Å². The second-order valence-corrected chi connectivity index (χ2v) is 8.10. The van der Waals surface area contributed by atoms with E-state index in [0.717, 1.165) is 24.6 Å². The largest absolute Gasteiger partial charge is 0.506 e. The summed E-state index contributed by atoms with van der Waals surface area (Å²) in [7, 11) is 0. The third-order valence-corrected chi connectivity index (χ3v) is 5.55. The number of rotatable bonds is 5. The Labute approximate surface area is 176 Å². The van der Waals surface area contributed by atoms with Crippen molar-refractivity contribution < 1.29 is 5.11 Å². The molecule has 4 heterocycles. The zero-order valence-corrected chi connectivity index (χ0v) is 17.6. The van der Waals surface area contributed by atoms with Gasteiger partial charge in [0, 0.05) is 19.2 Å². The Morgan fingerprint density at radius 1 is 1.07 bits per heavy atom. The van der Waals surface area contributed by atoms with Crippen LogP contribution in [0.1, 0.15) is 32.5 Å². The minimum atomic E-state index is 0.0351. The van der Waals surface area contributed by atoms with E-state index in [1.165, 1.54) is 12.8 Å². The van der Waals surface area contributed by atoms with Gasteiger partial charge in [0.1, 0.15) is 23.0 Å². The molecule has 0 amide bonds. The van der Waals surface area contributed by atoms with E-state index < -0.39 is 0 Å². The Balaban J connectivity index is 1.48. The predicted molar refractivity (Wildman–Crippen MR) is 117 cm³/mol. The smallest absolute Gasteiger partial charge is 0.151 e. The van der Waals surface area contributed by atoms with Crippen molar-refractivity contribution in [3.63, 3.8) is 0 Å². The fourth-order valence-corrected chi connectivity index (χ4v) is 3.73. The van der Waals surface area contributed by atoms with Crippen molar-refractivity contribution in [3.05, 3.63) is 42.6 Å². The van der Waals surface area contributed by atoms with E-state index in [4.69, 9.17) is 0 Å². The minimum Gasteiger partial charge on any atom is -0.506 e. The molecule has 156 valence electrons. The summed E-state index contributed by atoms with van der Waals surface area (Å²) in [5.74, 6) is 2.96. The first-order valence-corrected chi connectivity index (χ1v) is 10.3. The Hall–Kier alpha value is -3.29. The van der Waals surface area contributed by atoms with Gasteiger partial charge >= 0.3 is 0 Å². The number of nitrogens with one attached hydrogen (secondary N) is 1. The van der Waals surface area contributed by atoms with Crippen LogP contribution in [0, 0.1) is 18.8 Å². The summed E-state index contributed by atoms with van der Waals surface area (Å²) in [5.41, 5.74) is 2.30. The summed E-state index contributed by atoms with van der Waals surface area (Å²) in [6.45, 7) is 8.40. The highest BCUT2D eigenvalue weighted by Crippen LogP contribution is 2.30. The third kappa shape index (κ3) is 4.48. The second-order valence-electron chi connectivity index (χ2n) is 8.10. The first kappa shape index (κ1) is 20.0. The number of hydrogen-bond acceptors (Lipinski definition) is 8. The molecule has 3 aromatic rings. The van der Waals surface area contributed by atoms with Crippen LogP contribution in [0.5, 0.6) is 5.75 Å². The number of nitrogens with zero attached hydrogens (tertiary/aromatic N) is 6. The Morgan fingerprint density at radius 2 is 1.83 bits per heavy atom. The number of anilines is 3. The van der Waals surface area contributed by atoms with Crippen molar-refractivity contribution >= 4 is 17.2 Å². The molecule has 30 heavy (non-hydrogen) atoms. The third-order valence-electron chi connectivity index (χ3n) is 5.55. The van der Waals surface area contributed by atoms with E-state index in [2.05, 4.69) is 49.2 Å². The van der Waals surface area contributed by atoms with Crippen LogP contribution in [0.4, 0.5) is 17.2 Å². The summed E-state index contributed by atoms with van der Waals surface area (Å²) < 4.78 is 0. The Bertz CT molecular complexity index is 989. The zero-order valence-electron chi connectivity index (χ0n) is 17.6. The summed E-state index contributed by atoms with van der Waals surface area (Å²) in [6.07, 6.45) is 7.45. The van der Waals surface area contributed by atoms with Crippen LogP contribution in [-0.4, -0.2) is 43.3 Å². The Kier molecular flexibility index (Phi) is 5.74. The number of pyridine rings is 1. The topological polar surface area (TPSA) is 100.0 Å². The number of aryl methyl sites for hydroxylation is 1. The average molecular weight is 406 g/mol. The van der Waals surface area contributed by atoms with Gasteiger partial charge in [-0.3, -0.25) is 0 Å². The van der Waals surface area contributed by atoms with Crippen LogP contribution in [0.3, 0.4) is 0 Å². The summed E-state index contributed by atoms with van der Waals surface area (Å²) in [5, 5.41) is 22.3. The lowest BCUT2D eigenvalue weighted by atomic mass is 9.88. The van der Waals surface area contributed by atoms with Gasteiger partial charge in [-0.05, 0) is 43.7 Å². The molecule has 0 aromatic carbocycles. The maximum atomic E-state index is 10.5. The molecule has 0 spiro atoms. The fraction of sp³-hybridized carbons (Fsp3) is 0.409. The SMILES string of the molecule is Cc1ncc(Nc2cnc(-c3ccc(N4CCC[C@H](C(C)C)C4)nn3)c(O)c2)cn1. The van der Waals surface area contributed by atoms with E-state index in [1.54, 1.807) is 24.7 Å². The lowest BCUT2D eigenvalue weighted by Gasteiger charge is -2.35. The van der Waals surface area contributed by atoms with E-state index in [-0.39, 0.29) is 5.75 Å². The summed E-state index contributed by atoms with van der Waals surface area (Å²) in [6, 6.07) is 5.43. The van der Waals surface area contributed by atoms with Crippen molar-refractivity contribution in [1.29, 1.82) is 0 Å².